The SMILES string of the molecule is C[C@H]1[C@@H](O)C(F)(F)C(=O)N1c1ccc(C#N)c(Cl)c1. The standard InChI is InChI=1S/C12H9ClF2N2O2/c1-6-10(18)12(14,15)11(19)17(6)8-3-2-7(5-16)9(13)4-8/h2-4,6,10,18H,1H3/t6-,10+/m0/s1. The van der Waals surface area contributed by atoms with Crippen molar-refractivity contribution in [1.29, 1.82) is 5.26 Å². The zero-order chi connectivity index (χ0) is 14.4. The third-order valence-electron chi connectivity index (χ3n) is 3.09. The number of halogens is 3. The van der Waals surface area contributed by atoms with E-state index >= 15 is 0 Å². The first-order chi connectivity index (χ1) is 8.80. The third-order valence-corrected chi connectivity index (χ3v) is 3.40. The summed E-state index contributed by atoms with van der Waals surface area (Å²) in [4.78, 5) is 12.4. The molecule has 0 radical (unpaired) electrons. The highest BCUT2D eigenvalue weighted by atomic mass is 35.5. The molecule has 1 aliphatic heterocycles. The van der Waals surface area contributed by atoms with Crippen LogP contribution in [0.15, 0.2) is 18.2 Å². The summed E-state index contributed by atoms with van der Waals surface area (Å²) in [7, 11) is 0. The Morgan fingerprint density at radius 3 is 2.58 bits per heavy atom. The van der Waals surface area contributed by atoms with Crippen molar-refractivity contribution in [2.45, 2.75) is 25.0 Å². The Morgan fingerprint density at radius 1 is 1.53 bits per heavy atom. The average molecular weight is 287 g/mol. The Balaban J connectivity index is 2.46. The lowest BCUT2D eigenvalue weighted by Crippen LogP contribution is -2.37. The lowest BCUT2D eigenvalue weighted by molar-refractivity contribution is -0.149. The number of carbonyl (C=O) groups is 1. The molecule has 100 valence electrons. The van der Waals surface area contributed by atoms with Gasteiger partial charge in [0.2, 0.25) is 0 Å². The van der Waals surface area contributed by atoms with Crippen LogP contribution in [0.5, 0.6) is 0 Å². The molecule has 19 heavy (non-hydrogen) atoms. The maximum absolute atomic E-state index is 13.4. The van der Waals surface area contributed by atoms with Gasteiger partial charge in [0.15, 0.2) is 0 Å². The van der Waals surface area contributed by atoms with Crippen molar-refractivity contribution >= 4 is 23.2 Å². The van der Waals surface area contributed by atoms with Crippen molar-refractivity contribution in [3.63, 3.8) is 0 Å². The molecule has 0 aromatic heterocycles. The van der Waals surface area contributed by atoms with Gasteiger partial charge in [-0.3, -0.25) is 4.79 Å². The Labute approximate surface area is 112 Å². The van der Waals surface area contributed by atoms with Crippen molar-refractivity contribution in [3.8, 4) is 6.07 Å². The van der Waals surface area contributed by atoms with Crippen molar-refractivity contribution in [3.05, 3.63) is 28.8 Å². The summed E-state index contributed by atoms with van der Waals surface area (Å²) >= 11 is 5.80. The van der Waals surface area contributed by atoms with Gasteiger partial charge in [-0.15, -0.1) is 0 Å². The predicted molar refractivity (Wildman–Crippen MR) is 64.1 cm³/mol. The first-order valence-electron chi connectivity index (χ1n) is 5.40. The van der Waals surface area contributed by atoms with Crippen LogP contribution in [-0.2, 0) is 4.79 Å². The summed E-state index contributed by atoms with van der Waals surface area (Å²) in [6.07, 6.45) is -2.07. The predicted octanol–water partition coefficient (Wildman–Crippen LogP) is 1.94. The number of carbonyl (C=O) groups excluding carboxylic acids is 1. The van der Waals surface area contributed by atoms with E-state index in [1.165, 1.54) is 25.1 Å². The number of rotatable bonds is 1. The summed E-state index contributed by atoms with van der Waals surface area (Å²) in [5.41, 5.74) is 0.301. The monoisotopic (exact) mass is 286 g/mol. The molecule has 1 saturated heterocycles. The van der Waals surface area contributed by atoms with E-state index in [1.807, 2.05) is 6.07 Å². The molecule has 0 spiro atoms. The molecule has 1 N–H and O–H groups in total. The molecule has 1 aliphatic rings. The summed E-state index contributed by atoms with van der Waals surface area (Å²) in [6, 6.07) is 4.68. The molecule has 4 nitrogen and oxygen atoms in total. The number of aliphatic hydroxyl groups is 1. The van der Waals surface area contributed by atoms with Gasteiger partial charge in [0.05, 0.1) is 16.6 Å². The Kier molecular flexibility index (Phi) is 3.20. The summed E-state index contributed by atoms with van der Waals surface area (Å²) in [6.45, 7) is 1.32. The summed E-state index contributed by atoms with van der Waals surface area (Å²) < 4.78 is 26.9. The molecule has 7 heteroatoms. The molecule has 1 aromatic carbocycles. The molecule has 1 amide bonds. The number of nitrogens with zero attached hydrogens (tertiary/aromatic N) is 2. The molecule has 1 aromatic rings. The molecule has 1 heterocycles. The number of nitriles is 1. The topological polar surface area (TPSA) is 64.3 Å². The number of alkyl halides is 2. The fourth-order valence-electron chi connectivity index (χ4n) is 2.01. The van der Waals surface area contributed by atoms with Gasteiger partial charge in [-0.25, -0.2) is 0 Å². The lowest BCUT2D eigenvalue weighted by atomic mass is 10.1. The fourth-order valence-corrected chi connectivity index (χ4v) is 2.23. The van der Waals surface area contributed by atoms with Crippen LogP contribution in [0.2, 0.25) is 5.02 Å². The largest absolute Gasteiger partial charge is 0.384 e. The van der Waals surface area contributed by atoms with Crippen LogP contribution in [0, 0.1) is 11.3 Å². The van der Waals surface area contributed by atoms with Gasteiger partial charge in [-0.2, -0.15) is 14.0 Å². The van der Waals surface area contributed by atoms with Crippen LogP contribution in [0.1, 0.15) is 12.5 Å². The van der Waals surface area contributed by atoms with Gasteiger partial charge < -0.3 is 10.0 Å². The number of hydrogen-bond donors (Lipinski definition) is 1. The van der Waals surface area contributed by atoms with Crippen LogP contribution in [0.25, 0.3) is 0 Å². The second kappa shape index (κ2) is 4.44. The molecule has 0 saturated carbocycles. The lowest BCUT2D eigenvalue weighted by Gasteiger charge is -2.22. The van der Waals surface area contributed by atoms with Crippen molar-refractivity contribution < 1.29 is 18.7 Å². The van der Waals surface area contributed by atoms with E-state index in [1.54, 1.807) is 0 Å². The van der Waals surface area contributed by atoms with Gasteiger partial charge in [-0.1, -0.05) is 11.6 Å². The highest BCUT2D eigenvalue weighted by Crippen LogP contribution is 2.38. The molecule has 2 atom stereocenters. The average Bonchev–Trinajstić information content (AvgIpc) is 2.51. The number of anilines is 1. The molecular formula is C12H9ClF2N2O2. The van der Waals surface area contributed by atoms with Crippen molar-refractivity contribution in [2.75, 3.05) is 4.90 Å². The maximum Gasteiger partial charge on any atom is 0.352 e. The van der Waals surface area contributed by atoms with Gasteiger partial charge >= 0.3 is 11.8 Å². The van der Waals surface area contributed by atoms with E-state index in [4.69, 9.17) is 16.9 Å². The van der Waals surface area contributed by atoms with E-state index in [-0.39, 0.29) is 16.3 Å². The molecule has 0 aliphatic carbocycles. The van der Waals surface area contributed by atoms with Crippen LogP contribution in [0.4, 0.5) is 14.5 Å². The molecule has 1 fully saturated rings. The quantitative estimate of drug-likeness (QED) is 0.858. The van der Waals surface area contributed by atoms with E-state index in [9.17, 15) is 18.7 Å². The number of amides is 1. The zero-order valence-electron chi connectivity index (χ0n) is 9.77. The number of aliphatic hydroxyl groups excluding tert-OH is 1. The van der Waals surface area contributed by atoms with Crippen molar-refractivity contribution in [2.24, 2.45) is 0 Å². The zero-order valence-corrected chi connectivity index (χ0v) is 10.5. The van der Waals surface area contributed by atoms with Gasteiger partial charge in [0.1, 0.15) is 12.2 Å². The Hall–Kier alpha value is -1.71. The minimum Gasteiger partial charge on any atom is -0.384 e. The minimum atomic E-state index is -3.82. The number of benzene rings is 1. The fraction of sp³-hybridized carbons (Fsp3) is 0.333. The summed E-state index contributed by atoms with van der Waals surface area (Å²) in [5.74, 6) is -5.30. The van der Waals surface area contributed by atoms with Crippen molar-refractivity contribution in [1.82, 2.24) is 0 Å². The highest BCUT2D eigenvalue weighted by Gasteiger charge is 2.60. The second-order valence-corrected chi connectivity index (χ2v) is 4.67. The van der Waals surface area contributed by atoms with E-state index in [2.05, 4.69) is 0 Å². The summed E-state index contributed by atoms with van der Waals surface area (Å²) in [5, 5.41) is 18.2. The smallest absolute Gasteiger partial charge is 0.352 e. The van der Waals surface area contributed by atoms with Gasteiger partial charge in [-0.05, 0) is 25.1 Å². The maximum atomic E-state index is 13.4. The first kappa shape index (κ1) is 13.7. The van der Waals surface area contributed by atoms with Gasteiger partial charge in [0, 0.05) is 5.69 Å². The highest BCUT2D eigenvalue weighted by molar-refractivity contribution is 6.32. The van der Waals surface area contributed by atoms with Crippen LogP contribution < -0.4 is 4.90 Å². The Morgan fingerprint density at radius 2 is 2.16 bits per heavy atom. The molecule has 0 unspecified atom stereocenters. The van der Waals surface area contributed by atoms with E-state index in [0.29, 0.717) is 0 Å². The van der Waals surface area contributed by atoms with E-state index < -0.39 is 24.0 Å². The molecule has 2 rings (SSSR count). The van der Waals surface area contributed by atoms with Crippen LogP contribution in [-0.4, -0.2) is 29.1 Å². The van der Waals surface area contributed by atoms with Gasteiger partial charge in [0.25, 0.3) is 0 Å². The minimum absolute atomic E-state index is 0.0599. The third kappa shape index (κ3) is 1.95. The molecule has 0 bridgehead atoms. The first-order valence-corrected chi connectivity index (χ1v) is 5.77. The van der Waals surface area contributed by atoms with Crippen LogP contribution in [0.3, 0.4) is 0 Å². The Bertz CT molecular complexity index is 586. The second-order valence-electron chi connectivity index (χ2n) is 4.26. The normalized spacial score (nSPS) is 25.5. The van der Waals surface area contributed by atoms with Crippen LogP contribution >= 0.6 is 11.6 Å². The number of hydrogen-bond acceptors (Lipinski definition) is 3. The van der Waals surface area contributed by atoms with E-state index in [0.717, 1.165) is 4.90 Å². The molecular weight excluding hydrogens is 278 g/mol.